The molecule has 2 heterocycles. The summed E-state index contributed by atoms with van der Waals surface area (Å²) in [4.78, 5) is 56.6. The van der Waals surface area contributed by atoms with Gasteiger partial charge in [0.15, 0.2) is 0 Å². The second-order valence-corrected chi connectivity index (χ2v) is 13.3. The van der Waals surface area contributed by atoms with Gasteiger partial charge in [-0.3, -0.25) is 28.8 Å². The Bertz CT molecular complexity index is 1600. The highest BCUT2D eigenvalue weighted by atomic mass is 19.3. The average molecular weight is 692 g/mol. The van der Waals surface area contributed by atoms with E-state index in [0.717, 1.165) is 30.8 Å². The molecule has 2 aromatic carbocycles. The van der Waals surface area contributed by atoms with Crippen LogP contribution < -0.4 is 16.0 Å². The van der Waals surface area contributed by atoms with E-state index >= 15 is 0 Å². The highest BCUT2D eigenvalue weighted by Crippen LogP contribution is 2.37. The number of halogens is 2. The molecule has 5 rings (SSSR count). The summed E-state index contributed by atoms with van der Waals surface area (Å²) in [5, 5.41) is 12.5. The van der Waals surface area contributed by atoms with Crippen LogP contribution in [-0.2, 0) is 40.9 Å². The summed E-state index contributed by atoms with van der Waals surface area (Å²) in [6.07, 6.45) is 1.61. The van der Waals surface area contributed by atoms with Gasteiger partial charge in [-0.05, 0) is 41.5 Å². The van der Waals surface area contributed by atoms with Crippen LogP contribution in [0.4, 0.5) is 8.78 Å². The zero-order valence-corrected chi connectivity index (χ0v) is 28.7. The number of alkyl halides is 2. The van der Waals surface area contributed by atoms with Crippen molar-refractivity contribution in [2.45, 2.75) is 76.5 Å². The SMILES string of the molecule is CCC(=O)N[C@H](Cc1ccc(CNC(=O)[C@@H](NC(=O)c2ccnn2C)C2CCC(F)(F)CC2)cc1)C(=O)N1CCN(Cc2ccccc2)CC1. The lowest BCUT2D eigenvalue weighted by Crippen LogP contribution is -2.55. The van der Waals surface area contributed by atoms with E-state index in [0.29, 0.717) is 19.5 Å². The standard InChI is InChI=1S/C37H47F2N7O4/c1-3-32(47)42-30(36(50)46-21-19-45(20-22-46)25-28-7-5-4-6-8-28)23-26-9-11-27(12-10-26)24-40-35(49)33(29-13-16-37(38,39)17-14-29)43-34(48)31-15-18-41-44(31)2/h4-12,15,18,29-30,33H,3,13-14,16-17,19-25H2,1-2H3,(H,40,49)(H,42,47)(H,43,48)/t30-,33+/m1/s1. The van der Waals surface area contributed by atoms with Gasteiger partial charge in [-0.2, -0.15) is 5.10 Å². The van der Waals surface area contributed by atoms with Crippen molar-refractivity contribution in [3.8, 4) is 0 Å². The Morgan fingerprint density at radius 1 is 0.880 bits per heavy atom. The predicted octanol–water partition coefficient (Wildman–Crippen LogP) is 3.44. The van der Waals surface area contributed by atoms with Crippen LogP contribution in [0.25, 0.3) is 0 Å². The fourth-order valence-corrected chi connectivity index (χ4v) is 6.62. The normalized spacial score (nSPS) is 17.8. The molecular weight excluding hydrogens is 644 g/mol. The molecular formula is C37H47F2N7O4. The monoisotopic (exact) mass is 691 g/mol. The summed E-state index contributed by atoms with van der Waals surface area (Å²) in [6, 6.07) is 17.5. The molecule has 50 heavy (non-hydrogen) atoms. The molecule has 1 aromatic heterocycles. The molecule has 2 aliphatic rings. The van der Waals surface area contributed by atoms with E-state index in [9.17, 15) is 28.0 Å². The molecule has 3 aromatic rings. The molecule has 0 radical (unpaired) electrons. The Morgan fingerprint density at radius 2 is 1.54 bits per heavy atom. The van der Waals surface area contributed by atoms with E-state index in [1.54, 1.807) is 14.0 Å². The Balaban J connectivity index is 1.17. The molecule has 0 spiro atoms. The maximum Gasteiger partial charge on any atom is 0.270 e. The van der Waals surface area contributed by atoms with Gasteiger partial charge in [0.2, 0.25) is 23.6 Å². The van der Waals surface area contributed by atoms with E-state index < -0.39 is 35.7 Å². The van der Waals surface area contributed by atoms with Crippen LogP contribution in [0.15, 0.2) is 66.9 Å². The lowest BCUT2D eigenvalue weighted by atomic mass is 9.81. The molecule has 1 aliphatic heterocycles. The first-order valence-electron chi connectivity index (χ1n) is 17.4. The fraction of sp³-hybridized carbons (Fsp3) is 0.486. The van der Waals surface area contributed by atoms with Gasteiger partial charge in [0.05, 0.1) is 0 Å². The van der Waals surface area contributed by atoms with Crippen LogP contribution in [0.2, 0.25) is 0 Å². The third kappa shape index (κ3) is 9.96. The minimum Gasteiger partial charge on any atom is -0.350 e. The second kappa shape index (κ2) is 16.8. The summed E-state index contributed by atoms with van der Waals surface area (Å²) in [5.74, 6) is -4.46. The Morgan fingerprint density at radius 3 is 2.16 bits per heavy atom. The molecule has 1 saturated heterocycles. The number of piperazine rings is 1. The van der Waals surface area contributed by atoms with Gasteiger partial charge in [0, 0.05) is 78.2 Å². The van der Waals surface area contributed by atoms with Crippen molar-refractivity contribution in [2.75, 3.05) is 26.2 Å². The number of carbonyl (C=O) groups excluding carboxylic acids is 4. The number of nitrogens with one attached hydrogen (secondary N) is 3. The first-order chi connectivity index (χ1) is 24.0. The van der Waals surface area contributed by atoms with Crippen LogP contribution >= 0.6 is 0 Å². The zero-order chi connectivity index (χ0) is 35.7. The van der Waals surface area contributed by atoms with Crippen LogP contribution in [0.5, 0.6) is 0 Å². The molecule has 11 nitrogen and oxygen atoms in total. The quantitative estimate of drug-likeness (QED) is 0.252. The topological polar surface area (TPSA) is 129 Å². The second-order valence-electron chi connectivity index (χ2n) is 13.3. The summed E-state index contributed by atoms with van der Waals surface area (Å²) in [5.41, 5.74) is 3.12. The molecule has 2 fully saturated rings. The highest BCUT2D eigenvalue weighted by molar-refractivity contribution is 5.96. The maximum atomic E-state index is 13.9. The van der Waals surface area contributed by atoms with E-state index in [1.807, 2.05) is 47.4 Å². The molecule has 0 unspecified atom stereocenters. The minimum absolute atomic E-state index is 0.109. The number of nitrogens with zero attached hydrogens (tertiary/aromatic N) is 4. The van der Waals surface area contributed by atoms with Gasteiger partial charge in [-0.1, -0.05) is 61.5 Å². The molecule has 3 N–H and O–H groups in total. The molecule has 4 amide bonds. The molecule has 2 atom stereocenters. The summed E-state index contributed by atoms with van der Waals surface area (Å²) >= 11 is 0. The number of hydrogen-bond acceptors (Lipinski definition) is 6. The molecule has 0 bridgehead atoms. The average Bonchev–Trinajstić information content (AvgIpc) is 3.56. The number of carbonyl (C=O) groups is 4. The zero-order valence-electron chi connectivity index (χ0n) is 28.7. The molecule has 13 heteroatoms. The molecule has 268 valence electrons. The van der Waals surface area contributed by atoms with E-state index in [1.165, 1.54) is 22.5 Å². The fourth-order valence-electron chi connectivity index (χ4n) is 6.62. The number of amides is 4. The minimum atomic E-state index is -2.77. The molecule has 1 saturated carbocycles. The third-order valence-electron chi connectivity index (χ3n) is 9.67. The van der Waals surface area contributed by atoms with Crippen molar-refractivity contribution in [1.29, 1.82) is 0 Å². The van der Waals surface area contributed by atoms with Gasteiger partial charge in [-0.15, -0.1) is 0 Å². The van der Waals surface area contributed by atoms with Gasteiger partial charge in [0.25, 0.3) is 5.91 Å². The first kappa shape index (κ1) is 36.6. The first-order valence-corrected chi connectivity index (χ1v) is 17.4. The van der Waals surface area contributed by atoms with Crippen LogP contribution in [0.3, 0.4) is 0 Å². The third-order valence-corrected chi connectivity index (χ3v) is 9.67. The summed E-state index contributed by atoms with van der Waals surface area (Å²) in [6.45, 7) is 5.38. The Kier molecular flexibility index (Phi) is 12.3. The summed E-state index contributed by atoms with van der Waals surface area (Å²) in [7, 11) is 1.61. The van der Waals surface area contributed by atoms with Crippen molar-refractivity contribution < 1.29 is 28.0 Å². The van der Waals surface area contributed by atoms with E-state index in [2.05, 4.69) is 38.1 Å². The van der Waals surface area contributed by atoms with Crippen LogP contribution in [-0.4, -0.2) is 87.4 Å². The van der Waals surface area contributed by atoms with Gasteiger partial charge < -0.3 is 20.9 Å². The van der Waals surface area contributed by atoms with Gasteiger partial charge in [0.1, 0.15) is 17.8 Å². The highest BCUT2D eigenvalue weighted by Gasteiger charge is 2.40. The van der Waals surface area contributed by atoms with E-state index in [-0.39, 0.29) is 56.2 Å². The number of rotatable bonds is 13. The number of hydrogen-bond donors (Lipinski definition) is 3. The number of aryl methyl sites for hydroxylation is 1. The van der Waals surface area contributed by atoms with Crippen LogP contribution in [0.1, 0.15) is 66.2 Å². The largest absolute Gasteiger partial charge is 0.350 e. The lowest BCUT2D eigenvalue weighted by molar-refractivity contribution is -0.138. The van der Waals surface area contributed by atoms with Crippen molar-refractivity contribution >= 4 is 23.6 Å². The van der Waals surface area contributed by atoms with Gasteiger partial charge >= 0.3 is 0 Å². The Hall–Kier alpha value is -4.65. The van der Waals surface area contributed by atoms with Crippen molar-refractivity contribution in [2.24, 2.45) is 13.0 Å². The van der Waals surface area contributed by atoms with E-state index in [4.69, 9.17) is 0 Å². The number of benzene rings is 2. The van der Waals surface area contributed by atoms with Crippen molar-refractivity contribution in [1.82, 2.24) is 35.5 Å². The maximum absolute atomic E-state index is 13.9. The van der Waals surface area contributed by atoms with Crippen LogP contribution in [0, 0.1) is 5.92 Å². The molecule has 1 aliphatic carbocycles. The van der Waals surface area contributed by atoms with Crippen molar-refractivity contribution in [3.05, 3.63) is 89.2 Å². The number of aromatic nitrogens is 2. The van der Waals surface area contributed by atoms with Crippen molar-refractivity contribution in [3.63, 3.8) is 0 Å². The predicted molar refractivity (Wildman–Crippen MR) is 184 cm³/mol. The van der Waals surface area contributed by atoms with Gasteiger partial charge in [-0.25, -0.2) is 8.78 Å². The summed E-state index contributed by atoms with van der Waals surface area (Å²) < 4.78 is 29.2. The lowest BCUT2D eigenvalue weighted by Gasteiger charge is -2.36. The Labute approximate surface area is 291 Å². The smallest absolute Gasteiger partial charge is 0.270 e.